The zero-order valence-electron chi connectivity index (χ0n) is 12.2. The molecule has 0 saturated carbocycles. The predicted octanol–water partition coefficient (Wildman–Crippen LogP) is 1.17. The summed E-state index contributed by atoms with van der Waals surface area (Å²) in [7, 11) is 0. The highest BCUT2D eigenvalue weighted by atomic mass is 16.5. The van der Waals surface area contributed by atoms with E-state index in [0.717, 1.165) is 25.9 Å². The molecule has 0 aliphatic carbocycles. The number of hydrogen-bond acceptors (Lipinski definition) is 8. The summed E-state index contributed by atoms with van der Waals surface area (Å²) in [6.45, 7) is 6.68. The van der Waals surface area contributed by atoms with Gasteiger partial charge in [0.05, 0.1) is 13.2 Å². The molecule has 0 aromatic carbocycles. The van der Waals surface area contributed by atoms with Gasteiger partial charge in [-0.2, -0.15) is 15.0 Å². The van der Waals surface area contributed by atoms with Gasteiger partial charge in [-0.05, 0) is 12.8 Å². The molecule has 0 fully saturated rings. The van der Waals surface area contributed by atoms with E-state index in [1.165, 1.54) is 0 Å². The molecule has 0 unspecified atom stereocenters. The third-order valence-corrected chi connectivity index (χ3v) is 2.35. The standard InChI is InChI=1S/C12H24N6O2/c1-3-5-8-19-9-6-14-10-15-11(18-13)17-12(16-10)20-7-4-2/h3-9,13H2,1-2H3,(H2,14,15,16,17,18). The monoisotopic (exact) mass is 284 g/mol. The summed E-state index contributed by atoms with van der Waals surface area (Å²) in [5.41, 5.74) is 2.39. The molecule has 8 nitrogen and oxygen atoms in total. The topological polar surface area (TPSA) is 107 Å². The van der Waals surface area contributed by atoms with Crippen molar-refractivity contribution in [3.8, 4) is 6.01 Å². The molecule has 4 N–H and O–H groups in total. The number of hydrogen-bond donors (Lipinski definition) is 3. The van der Waals surface area contributed by atoms with Crippen LogP contribution in [0.4, 0.5) is 11.9 Å². The molecule has 1 aromatic rings. The van der Waals surface area contributed by atoms with Crippen LogP contribution in [0.1, 0.15) is 33.1 Å². The fourth-order valence-corrected chi connectivity index (χ4v) is 1.34. The molecule has 0 saturated heterocycles. The minimum Gasteiger partial charge on any atom is -0.463 e. The van der Waals surface area contributed by atoms with E-state index in [0.29, 0.717) is 25.7 Å². The van der Waals surface area contributed by atoms with Crippen molar-refractivity contribution in [2.45, 2.75) is 33.1 Å². The lowest BCUT2D eigenvalue weighted by Gasteiger charge is -2.09. The second-order valence-electron chi connectivity index (χ2n) is 4.15. The fourth-order valence-electron chi connectivity index (χ4n) is 1.34. The van der Waals surface area contributed by atoms with E-state index < -0.39 is 0 Å². The summed E-state index contributed by atoms with van der Waals surface area (Å²) in [5, 5.41) is 3.05. The Morgan fingerprint density at radius 3 is 2.50 bits per heavy atom. The average Bonchev–Trinajstić information content (AvgIpc) is 2.48. The van der Waals surface area contributed by atoms with Crippen LogP contribution in [0.15, 0.2) is 0 Å². The highest BCUT2D eigenvalue weighted by Crippen LogP contribution is 2.10. The van der Waals surface area contributed by atoms with Gasteiger partial charge in [-0.1, -0.05) is 20.3 Å². The van der Waals surface area contributed by atoms with Crippen LogP contribution in [0, 0.1) is 0 Å². The van der Waals surface area contributed by atoms with Crippen molar-refractivity contribution >= 4 is 11.9 Å². The number of aromatic nitrogens is 3. The number of nitrogens with one attached hydrogen (secondary N) is 2. The van der Waals surface area contributed by atoms with Crippen LogP contribution in [-0.2, 0) is 4.74 Å². The Balaban J connectivity index is 2.42. The SMILES string of the molecule is CCCCOCCNc1nc(NN)nc(OCCC)n1. The lowest BCUT2D eigenvalue weighted by Crippen LogP contribution is -2.16. The lowest BCUT2D eigenvalue weighted by molar-refractivity contribution is 0.141. The number of rotatable bonds is 11. The molecule has 0 amide bonds. The van der Waals surface area contributed by atoms with E-state index >= 15 is 0 Å². The molecule has 1 aromatic heterocycles. The van der Waals surface area contributed by atoms with Crippen molar-refractivity contribution in [3.05, 3.63) is 0 Å². The van der Waals surface area contributed by atoms with Gasteiger partial charge >= 0.3 is 6.01 Å². The van der Waals surface area contributed by atoms with Crippen LogP contribution in [0.3, 0.4) is 0 Å². The van der Waals surface area contributed by atoms with E-state index in [9.17, 15) is 0 Å². The summed E-state index contributed by atoms with van der Waals surface area (Å²) < 4.78 is 10.8. The minimum absolute atomic E-state index is 0.254. The number of nitrogens with zero attached hydrogens (tertiary/aromatic N) is 3. The summed E-state index contributed by atoms with van der Waals surface area (Å²) >= 11 is 0. The van der Waals surface area contributed by atoms with Gasteiger partial charge in [0.1, 0.15) is 0 Å². The molecule has 0 atom stereocenters. The van der Waals surface area contributed by atoms with Crippen LogP contribution in [0.5, 0.6) is 6.01 Å². The Kier molecular flexibility index (Phi) is 8.32. The summed E-state index contributed by atoms with van der Waals surface area (Å²) in [6, 6.07) is 0.254. The number of anilines is 2. The number of unbranched alkanes of at least 4 members (excludes halogenated alkanes) is 1. The molecule has 0 aliphatic heterocycles. The van der Waals surface area contributed by atoms with Gasteiger partial charge in [-0.15, -0.1) is 0 Å². The molecule has 114 valence electrons. The van der Waals surface area contributed by atoms with E-state index in [-0.39, 0.29) is 12.0 Å². The highest BCUT2D eigenvalue weighted by molar-refractivity contribution is 5.34. The van der Waals surface area contributed by atoms with Gasteiger partial charge in [0.15, 0.2) is 0 Å². The number of ether oxygens (including phenoxy) is 2. The first-order valence-corrected chi connectivity index (χ1v) is 6.97. The lowest BCUT2D eigenvalue weighted by atomic mass is 10.4. The van der Waals surface area contributed by atoms with Crippen LogP contribution in [0.25, 0.3) is 0 Å². The Hall–Kier alpha value is -1.67. The number of nitrogens with two attached hydrogens (primary N) is 1. The zero-order valence-corrected chi connectivity index (χ0v) is 12.2. The second kappa shape index (κ2) is 10.2. The first kappa shape index (κ1) is 16.4. The van der Waals surface area contributed by atoms with Crippen LogP contribution < -0.4 is 21.3 Å². The molecule has 20 heavy (non-hydrogen) atoms. The summed E-state index contributed by atoms with van der Waals surface area (Å²) in [5.74, 6) is 5.99. The summed E-state index contributed by atoms with van der Waals surface area (Å²) in [6.07, 6.45) is 3.08. The van der Waals surface area contributed by atoms with E-state index in [1.54, 1.807) is 0 Å². The third-order valence-electron chi connectivity index (χ3n) is 2.35. The van der Waals surface area contributed by atoms with Crippen molar-refractivity contribution in [1.29, 1.82) is 0 Å². The van der Waals surface area contributed by atoms with Gasteiger partial charge in [-0.25, -0.2) is 5.84 Å². The fraction of sp³-hybridized carbons (Fsp3) is 0.750. The Morgan fingerprint density at radius 1 is 1.00 bits per heavy atom. The number of nitrogen functional groups attached to an aromatic ring is 1. The van der Waals surface area contributed by atoms with E-state index in [1.807, 2.05) is 6.92 Å². The third kappa shape index (κ3) is 6.48. The van der Waals surface area contributed by atoms with Gasteiger partial charge < -0.3 is 14.8 Å². The van der Waals surface area contributed by atoms with Gasteiger partial charge in [0, 0.05) is 13.2 Å². The Labute approximate surface area is 119 Å². The van der Waals surface area contributed by atoms with Crippen molar-refractivity contribution in [2.75, 3.05) is 37.1 Å². The second-order valence-corrected chi connectivity index (χ2v) is 4.15. The molecule has 0 aliphatic rings. The smallest absolute Gasteiger partial charge is 0.323 e. The quantitative estimate of drug-likeness (QED) is 0.316. The molecular formula is C12H24N6O2. The minimum atomic E-state index is 0.254. The molecular weight excluding hydrogens is 260 g/mol. The highest BCUT2D eigenvalue weighted by Gasteiger charge is 2.06. The predicted molar refractivity (Wildman–Crippen MR) is 77.6 cm³/mol. The first-order valence-electron chi connectivity index (χ1n) is 6.97. The van der Waals surface area contributed by atoms with Gasteiger partial charge in [-0.3, -0.25) is 5.43 Å². The molecule has 1 heterocycles. The maximum atomic E-state index is 5.44. The van der Waals surface area contributed by atoms with Crippen LogP contribution in [-0.4, -0.2) is 41.3 Å². The van der Waals surface area contributed by atoms with E-state index in [2.05, 4.69) is 32.6 Å². The van der Waals surface area contributed by atoms with Gasteiger partial charge in [0.25, 0.3) is 0 Å². The summed E-state index contributed by atoms with van der Waals surface area (Å²) in [4.78, 5) is 12.2. The maximum absolute atomic E-state index is 5.44. The molecule has 0 spiro atoms. The van der Waals surface area contributed by atoms with Crippen molar-refractivity contribution < 1.29 is 9.47 Å². The maximum Gasteiger partial charge on any atom is 0.323 e. The number of hydrazine groups is 1. The van der Waals surface area contributed by atoms with Crippen LogP contribution >= 0.6 is 0 Å². The molecule has 0 radical (unpaired) electrons. The normalized spacial score (nSPS) is 10.3. The molecule has 1 rings (SSSR count). The first-order chi connectivity index (χ1) is 9.80. The average molecular weight is 284 g/mol. The Morgan fingerprint density at radius 2 is 1.80 bits per heavy atom. The van der Waals surface area contributed by atoms with E-state index in [4.69, 9.17) is 15.3 Å². The largest absolute Gasteiger partial charge is 0.463 e. The van der Waals surface area contributed by atoms with Crippen molar-refractivity contribution in [1.82, 2.24) is 15.0 Å². The Bertz CT molecular complexity index is 377. The zero-order chi connectivity index (χ0) is 14.6. The van der Waals surface area contributed by atoms with Gasteiger partial charge in [0.2, 0.25) is 11.9 Å². The molecule has 0 bridgehead atoms. The van der Waals surface area contributed by atoms with Crippen molar-refractivity contribution in [2.24, 2.45) is 5.84 Å². The molecule has 8 heteroatoms. The van der Waals surface area contributed by atoms with Crippen molar-refractivity contribution in [3.63, 3.8) is 0 Å². The van der Waals surface area contributed by atoms with Crippen LogP contribution in [0.2, 0.25) is 0 Å².